The lowest BCUT2D eigenvalue weighted by molar-refractivity contribution is -0.870. The fourth-order valence-corrected chi connectivity index (χ4v) is 6.14. The smallest absolute Gasteiger partial charge is 0.306 e. The van der Waals surface area contributed by atoms with Crippen LogP contribution in [0, 0.1) is 0 Å². The van der Waals surface area contributed by atoms with Gasteiger partial charge in [-0.1, -0.05) is 148 Å². The number of quaternary nitrogens is 1. The first-order valence-corrected chi connectivity index (χ1v) is 24.7. The van der Waals surface area contributed by atoms with Gasteiger partial charge in [0.15, 0.2) is 6.10 Å². The number of phosphoric acid groups is 1. The van der Waals surface area contributed by atoms with Gasteiger partial charge in [-0.25, -0.2) is 0 Å². The Morgan fingerprint density at radius 3 is 1.31 bits per heavy atom. The van der Waals surface area contributed by atoms with Gasteiger partial charge in [-0.15, -0.1) is 0 Å². The van der Waals surface area contributed by atoms with Crippen LogP contribution in [0.1, 0.15) is 142 Å². The standard InChI is InChI=1S/C52H84NO8P/c1-6-8-10-12-14-16-18-20-22-23-24-25-26-27-28-29-31-33-35-37-39-41-43-45-52(55)61-50(49-60-62(56,57)59-47-46-53(3,4)5)48-58-51(54)44-42-40-38-36-34-32-30-21-19-17-15-13-11-9-7-2/h8-11,14-17,20-22,24-25,27-28,30-31,33-34,36,50H,6-7,12-13,18-19,23,26,29,32,35,37-49H2,1-5H3/b10-8-,11-9-,16-14-,17-15-,22-20-,25-24-,28-27-,30-21-,33-31-,36-34-. The lowest BCUT2D eigenvalue weighted by atomic mass is 10.1. The molecule has 0 aliphatic carbocycles. The van der Waals surface area contributed by atoms with Crippen molar-refractivity contribution in [3.05, 3.63) is 122 Å². The van der Waals surface area contributed by atoms with Gasteiger partial charge in [0.1, 0.15) is 19.8 Å². The summed E-state index contributed by atoms with van der Waals surface area (Å²) in [5.41, 5.74) is 0. The second kappa shape index (κ2) is 42.7. The number of carbonyl (C=O) groups excluding carboxylic acids is 2. The summed E-state index contributed by atoms with van der Waals surface area (Å²) in [5, 5.41) is 0. The van der Waals surface area contributed by atoms with Gasteiger partial charge in [-0.2, -0.15) is 0 Å². The highest BCUT2D eigenvalue weighted by Crippen LogP contribution is 2.38. The fraction of sp³-hybridized carbons (Fsp3) is 0.577. The van der Waals surface area contributed by atoms with Crippen LogP contribution >= 0.6 is 7.82 Å². The van der Waals surface area contributed by atoms with E-state index >= 15 is 0 Å². The number of allylic oxidation sites excluding steroid dienone is 20. The molecule has 0 amide bonds. The number of ether oxygens (including phenoxy) is 2. The fourth-order valence-electron chi connectivity index (χ4n) is 5.41. The lowest BCUT2D eigenvalue weighted by Crippen LogP contribution is -2.37. The quantitative estimate of drug-likeness (QED) is 0.0197. The van der Waals surface area contributed by atoms with Crippen LogP contribution in [0.25, 0.3) is 0 Å². The van der Waals surface area contributed by atoms with Crippen LogP contribution in [0.4, 0.5) is 0 Å². The molecule has 0 aromatic heterocycles. The zero-order valence-corrected chi connectivity index (χ0v) is 40.1. The van der Waals surface area contributed by atoms with E-state index in [9.17, 15) is 19.0 Å². The lowest BCUT2D eigenvalue weighted by Gasteiger charge is -2.28. The Balaban J connectivity index is 4.46. The number of rotatable bonds is 40. The van der Waals surface area contributed by atoms with E-state index in [0.29, 0.717) is 23.9 Å². The highest BCUT2D eigenvalue weighted by atomic mass is 31.2. The molecule has 9 nitrogen and oxygen atoms in total. The number of likely N-dealkylation sites (N-methyl/N-ethyl adjacent to an activating group) is 1. The van der Waals surface area contributed by atoms with Crippen molar-refractivity contribution < 1.29 is 42.1 Å². The molecule has 62 heavy (non-hydrogen) atoms. The van der Waals surface area contributed by atoms with Crippen LogP contribution in [-0.2, 0) is 32.7 Å². The second-order valence-corrected chi connectivity index (χ2v) is 17.4. The average Bonchev–Trinajstić information content (AvgIpc) is 3.23. The van der Waals surface area contributed by atoms with Crippen molar-refractivity contribution in [2.75, 3.05) is 47.5 Å². The molecule has 10 heteroatoms. The SMILES string of the molecule is CC/C=C\C/C=C\C/C=C\C/C=C\C/C=C\C/C=C\CCCCCCC(=O)OC(COC(=O)CCCC/C=C\C/C=C\C/C=C\C/C=C\CC)COP(=O)([O-])OCC[N+](C)(C)C. The van der Waals surface area contributed by atoms with E-state index in [1.165, 1.54) is 0 Å². The Labute approximate surface area is 378 Å². The van der Waals surface area contributed by atoms with Gasteiger partial charge < -0.3 is 27.9 Å². The summed E-state index contributed by atoms with van der Waals surface area (Å²) in [6.45, 7) is 3.88. The van der Waals surface area contributed by atoms with Gasteiger partial charge in [-0.05, 0) is 103 Å². The molecule has 0 fully saturated rings. The number of unbranched alkanes of at least 4 members (excludes halogenated alkanes) is 6. The number of hydrogen-bond donors (Lipinski definition) is 0. The van der Waals surface area contributed by atoms with Gasteiger partial charge in [0, 0.05) is 12.8 Å². The monoisotopic (exact) mass is 882 g/mol. The molecule has 0 aliphatic heterocycles. The molecule has 0 heterocycles. The van der Waals surface area contributed by atoms with E-state index in [0.717, 1.165) is 103 Å². The van der Waals surface area contributed by atoms with Crippen molar-refractivity contribution in [1.82, 2.24) is 0 Å². The van der Waals surface area contributed by atoms with Crippen molar-refractivity contribution in [2.45, 2.75) is 148 Å². The molecule has 0 aromatic rings. The van der Waals surface area contributed by atoms with Crippen molar-refractivity contribution in [3.63, 3.8) is 0 Å². The zero-order valence-electron chi connectivity index (χ0n) is 39.3. The summed E-state index contributed by atoms with van der Waals surface area (Å²) in [6, 6.07) is 0. The first-order chi connectivity index (χ1) is 30.0. The minimum absolute atomic E-state index is 0.0509. The summed E-state index contributed by atoms with van der Waals surface area (Å²) in [6.07, 6.45) is 59.5. The van der Waals surface area contributed by atoms with Crippen LogP contribution in [-0.4, -0.2) is 70.0 Å². The molecule has 0 N–H and O–H groups in total. The molecule has 2 unspecified atom stereocenters. The largest absolute Gasteiger partial charge is 0.756 e. The maximum atomic E-state index is 12.7. The molecule has 0 aliphatic rings. The highest BCUT2D eigenvalue weighted by molar-refractivity contribution is 7.45. The average molecular weight is 882 g/mol. The van der Waals surface area contributed by atoms with Crippen molar-refractivity contribution in [2.24, 2.45) is 0 Å². The van der Waals surface area contributed by atoms with Crippen LogP contribution in [0.2, 0.25) is 0 Å². The second-order valence-electron chi connectivity index (χ2n) is 16.0. The number of nitrogens with zero attached hydrogens (tertiary/aromatic N) is 1. The maximum Gasteiger partial charge on any atom is 0.306 e. The molecular formula is C52H84NO8P. The third kappa shape index (κ3) is 45.9. The van der Waals surface area contributed by atoms with Gasteiger partial charge in [-0.3, -0.25) is 14.2 Å². The Morgan fingerprint density at radius 1 is 0.500 bits per heavy atom. The molecule has 0 saturated carbocycles. The van der Waals surface area contributed by atoms with Gasteiger partial charge in [0.25, 0.3) is 7.82 Å². The molecule has 0 radical (unpaired) electrons. The van der Waals surface area contributed by atoms with Crippen LogP contribution in [0.15, 0.2) is 122 Å². The highest BCUT2D eigenvalue weighted by Gasteiger charge is 2.21. The Kier molecular flexibility index (Phi) is 40.2. The van der Waals surface area contributed by atoms with Crippen molar-refractivity contribution >= 4 is 19.8 Å². The molecule has 0 bridgehead atoms. The molecule has 0 aromatic carbocycles. The predicted octanol–water partition coefficient (Wildman–Crippen LogP) is 13.1. The number of hydrogen-bond acceptors (Lipinski definition) is 8. The molecule has 350 valence electrons. The minimum atomic E-state index is -4.65. The Morgan fingerprint density at radius 2 is 0.871 bits per heavy atom. The van der Waals surface area contributed by atoms with Gasteiger partial charge in [0.2, 0.25) is 0 Å². The topological polar surface area (TPSA) is 111 Å². The third-order valence-corrected chi connectivity index (χ3v) is 9.94. The number of esters is 2. The summed E-state index contributed by atoms with van der Waals surface area (Å²) in [5.74, 6) is -0.927. The molecule has 0 spiro atoms. The van der Waals surface area contributed by atoms with Crippen LogP contribution < -0.4 is 4.89 Å². The summed E-state index contributed by atoms with van der Waals surface area (Å²) in [7, 11) is 1.10. The molecule has 0 rings (SSSR count). The van der Waals surface area contributed by atoms with E-state index in [1.54, 1.807) is 0 Å². The van der Waals surface area contributed by atoms with Crippen molar-refractivity contribution in [1.29, 1.82) is 0 Å². The molecule has 0 saturated heterocycles. The van der Waals surface area contributed by atoms with Gasteiger partial charge >= 0.3 is 11.9 Å². The van der Waals surface area contributed by atoms with E-state index in [2.05, 4.69) is 135 Å². The molecular weight excluding hydrogens is 798 g/mol. The van der Waals surface area contributed by atoms with Crippen LogP contribution in [0.3, 0.4) is 0 Å². The van der Waals surface area contributed by atoms with Crippen LogP contribution in [0.5, 0.6) is 0 Å². The maximum absolute atomic E-state index is 12.7. The summed E-state index contributed by atoms with van der Waals surface area (Å²) >= 11 is 0. The Hall–Kier alpha value is -3.59. The number of phosphoric ester groups is 1. The first kappa shape index (κ1) is 58.4. The molecule has 2 atom stereocenters. The van der Waals surface area contributed by atoms with E-state index in [1.807, 2.05) is 21.1 Å². The first-order valence-electron chi connectivity index (χ1n) is 23.2. The minimum Gasteiger partial charge on any atom is -0.756 e. The van der Waals surface area contributed by atoms with Gasteiger partial charge in [0.05, 0.1) is 27.7 Å². The third-order valence-electron chi connectivity index (χ3n) is 8.98. The van der Waals surface area contributed by atoms with E-state index < -0.39 is 32.5 Å². The Bertz CT molecular complexity index is 1460. The normalized spacial score (nSPS) is 14.6. The van der Waals surface area contributed by atoms with E-state index in [-0.39, 0.29) is 26.1 Å². The van der Waals surface area contributed by atoms with E-state index in [4.69, 9.17) is 18.5 Å². The number of carbonyl (C=O) groups is 2. The summed E-state index contributed by atoms with van der Waals surface area (Å²) in [4.78, 5) is 37.6. The summed E-state index contributed by atoms with van der Waals surface area (Å²) < 4.78 is 33.9. The predicted molar refractivity (Wildman–Crippen MR) is 258 cm³/mol. The zero-order chi connectivity index (χ0) is 45.7. The van der Waals surface area contributed by atoms with Crippen molar-refractivity contribution in [3.8, 4) is 0 Å².